The lowest BCUT2D eigenvalue weighted by molar-refractivity contribution is -0.0504. The van der Waals surface area contributed by atoms with Gasteiger partial charge in [0.15, 0.2) is 5.96 Å². The molecule has 4 N–H and O–H groups in total. The number of nitrogens with one attached hydrogen (secondary N) is 2. The highest BCUT2D eigenvalue weighted by Gasteiger charge is 2.11. The number of halogens is 4. The molecule has 0 saturated carbocycles. The Morgan fingerprint density at radius 2 is 1.90 bits per heavy atom. The van der Waals surface area contributed by atoms with Crippen molar-refractivity contribution in [2.45, 2.75) is 24.6 Å². The minimum absolute atomic E-state index is 0. The molecule has 160 valence electrons. The van der Waals surface area contributed by atoms with Gasteiger partial charge in [0, 0.05) is 30.7 Å². The number of nitrogens with zero attached hydrogens (tertiary/aromatic N) is 1. The summed E-state index contributed by atoms with van der Waals surface area (Å²) in [5.74, 6) is 0.368. The first-order chi connectivity index (χ1) is 13.2. The molecule has 29 heavy (non-hydrogen) atoms. The zero-order valence-corrected chi connectivity index (χ0v) is 19.1. The molecule has 12 heteroatoms. The van der Waals surface area contributed by atoms with Crippen LogP contribution in [-0.2, 0) is 23.1 Å². The third-order valence-electron chi connectivity index (χ3n) is 3.60. The first-order valence-electron chi connectivity index (χ1n) is 7.98. The molecule has 7 nitrogen and oxygen atoms in total. The molecular formula is C17H20ClF2IN4O3S. The Morgan fingerprint density at radius 3 is 2.52 bits per heavy atom. The lowest BCUT2D eigenvalue weighted by Gasteiger charge is -2.15. The van der Waals surface area contributed by atoms with Crippen molar-refractivity contribution in [3.05, 3.63) is 58.6 Å². The predicted octanol–water partition coefficient (Wildman–Crippen LogP) is 3.07. The molecule has 0 aliphatic heterocycles. The third-order valence-corrected chi connectivity index (χ3v) is 4.74. The number of rotatable bonds is 7. The van der Waals surface area contributed by atoms with Crippen LogP contribution in [0.4, 0.5) is 8.78 Å². The second-order valence-electron chi connectivity index (χ2n) is 5.60. The Labute approximate surface area is 189 Å². The van der Waals surface area contributed by atoms with Gasteiger partial charge in [0.2, 0.25) is 10.0 Å². The number of aliphatic imine (C=N–C) groups is 1. The van der Waals surface area contributed by atoms with E-state index in [2.05, 4.69) is 20.4 Å². The summed E-state index contributed by atoms with van der Waals surface area (Å²) >= 11 is 5.92. The molecule has 0 heterocycles. The van der Waals surface area contributed by atoms with Gasteiger partial charge in [-0.1, -0.05) is 23.7 Å². The summed E-state index contributed by atoms with van der Waals surface area (Å²) in [5, 5.41) is 11.4. The maximum absolute atomic E-state index is 12.5. The fourth-order valence-electron chi connectivity index (χ4n) is 2.31. The van der Waals surface area contributed by atoms with Gasteiger partial charge in [-0.2, -0.15) is 8.78 Å². The molecular weight excluding hydrogens is 541 g/mol. The smallest absolute Gasteiger partial charge is 0.387 e. The number of guanidine groups is 1. The fourth-order valence-corrected chi connectivity index (χ4v) is 3.09. The van der Waals surface area contributed by atoms with E-state index in [0.717, 1.165) is 0 Å². The normalized spacial score (nSPS) is 11.7. The van der Waals surface area contributed by atoms with Crippen molar-refractivity contribution in [1.82, 2.24) is 10.6 Å². The quantitative estimate of drug-likeness (QED) is 0.274. The molecule has 0 amide bonds. The molecule has 0 aliphatic rings. The fraction of sp³-hybridized carbons (Fsp3) is 0.235. The molecule has 0 spiro atoms. The summed E-state index contributed by atoms with van der Waals surface area (Å²) in [7, 11) is -2.26. The summed E-state index contributed by atoms with van der Waals surface area (Å²) in [6, 6.07) is 10.5. The molecule has 0 atom stereocenters. The van der Waals surface area contributed by atoms with Gasteiger partial charge in [0.1, 0.15) is 5.75 Å². The van der Waals surface area contributed by atoms with Crippen molar-refractivity contribution in [3.63, 3.8) is 0 Å². The molecule has 2 aromatic carbocycles. The van der Waals surface area contributed by atoms with Crippen LogP contribution in [0.5, 0.6) is 5.75 Å². The maximum atomic E-state index is 12.5. The van der Waals surface area contributed by atoms with E-state index >= 15 is 0 Å². The van der Waals surface area contributed by atoms with Crippen molar-refractivity contribution in [2.24, 2.45) is 10.1 Å². The molecule has 2 rings (SSSR count). The van der Waals surface area contributed by atoms with E-state index in [4.69, 9.17) is 16.7 Å². The zero-order valence-electron chi connectivity index (χ0n) is 15.2. The minimum atomic E-state index is -3.80. The lowest BCUT2D eigenvalue weighted by Crippen LogP contribution is -2.36. The Hall–Kier alpha value is -1.70. The van der Waals surface area contributed by atoms with Gasteiger partial charge in [0.05, 0.1) is 4.90 Å². The highest BCUT2D eigenvalue weighted by atomic mass is 127. The highest BCUT2D eigenvalue weighted by molar-refractivity contribution is 14.0. The average molecular weight is 561 g/mol. The van der Waals surface area contributed by atoms with Crippen LogP contribution in [0.15, 0.2) is 52.4 Å². The second kappa shape index (κ2) is 11.5. The Balaban J connectivity index is 0.00000420. The van der Waals surface area contributed by atoms with Gasteiger partial charge in [-0.25, -0.2) is 13.6 Å². The van der Waals surface area contributed by atoms with Crippen LogP contribution in [0, 0.1) is 0 Å². The zero-order chi connectivity index (χ0) is 20.7. The first kappa shape index (κ1) is 25.3. The number of sulfonamides is 1. The number of nitrogens with two attached hydrogens (primary N) is 1. The number of benzene rings is 2. The van der Waals surface area contributed by atoms with Crippen LogP contribution in [0.25, 0.3) is 0 Å². The van der Waals surface area contributed by atoms with E-state index in [0.29, 0.717) is 22.1 Å². The summed E-state index contributed by atoms with van der Waals surface area (Å²) in [4.78, 5) is 4.03. The van der Waals surface area contributed by atoms with Crippen LogP contribution in [-0.4, -0.2) is 28.0 Å². The van der Waals surface area contributed by atoms with Gasteiger partial charge in [-0.05, 0) is 35.9 Å². The van der Waals surface area contributed by atoms with E-state index in [1.807, 2.05) is 0 Å². The van der Waals surface area contributed by atoms with Gasteiger partial charge in [-0.15, -0.1) is 24.0 Å². The molecule has 0 radical (unpaired) electrons. The standard InChI is InChI=1S/C17H19ClF2N4O3S.HI/c1-22-17(23-9-11-3-2-4-14(7-11)28(21,25)26)24-10-12-8-13(18)5-6-15(12)27-16(19)20;/h2-8,16H,9-10H2,1H3,(H2,21,25,26)(H2,22,23,24);1H. The number of hydrogen-bond acceptors (Lipinski definition) is 4. The lowest BCUT2D eigenvalue weighted by atomic mass is 10.2. The molecule has 2 aromatic rings. The minimum Gasteiger partial charge on any atom is -0.434 e. The highest BCUT2D eigenvalue weighted by Crippen LogP contribution is 2.24. The van der Waals surface area contributed by atoms with E-state index < -0.39 is 16.6 Å². The Morgan fingerprint density at radius 1 is 1.21 bits per heavy atom. The number of primary sulfonamides is 1. The van der Waals surface area contributed by atoms with Gasteiger partial charge >= 0.3 is 6.61 Å². The van der Waals surface area contributed by atoms with E-state index in [-0.39, 0.29) is 47.7 Å². The monoisotopic (exact) mass is 560 g/mol. The van der Waals surface area contributed by atoms with Crippen LogP contribution in [0.1, 0.15) is 11.1 Å². The number of ether oxygens (including phenoxy) is 1. The molecule has 0 fully saturated rings. The SMILES string of the molecule is CN=C(NCc1cccc(S(N)(=O)=O)c1)NCc1cc(Cl)ccc1OC(F)F.I. The number of hydrogen-bond donors (Lipinski definition) is 3. The first-order valence-corrected chi connectivity index (χ1v) is 9.91. The van der Waals surface area contributed by atoms with Crippen molar-refractivity contribution < 1.29 is 21.9 Å². The molecule has 0 aliphatic carbocycles. The Bertz CT molecular complexity index is 961. The van der Waals surface area contributed by atoms with Crippen molar-refractivity contribution in [1.29, 1.82) is 0 Å². The largest absolute Gasteiger partial charge is 0.434 e. The van der Waals surface area contributed by atoms with Crippen molar-refractivity contribution in [2.75, 3.05) is 7.05 Å². The number of alkyl halides is 2. The molecule has 0 aromatic heterocycles. The Kier molecular flexibility index (Phi) is 10.0. The molecule has 0 unspecified atom stereocenters. The summed E-state index contributed by atoms with van der Waals surface area (Å²) < 4.78 is 52.4. The van der Waals surface area contributed by atoms with E-state index in [1.165, 1.54) is 37.4 Å². The van der Waals surface area contributed by atoms with Crippen LogP contribution >= 0.6 is 35.6 Å². The summed E-state index contributed by atoms with van der Waals surface area (Å²) in [6.07, 6.45) is 0. The molecule has 0 bridgehead atoms. The second-order valence-corrected chi connectivity index (χ2v) is 7.60. The summed E-state index contributed by atoms with van der Waals surface area (Å²) in [6.45, 7) is -2.57. The van der Waals surface area contributed by atoms with Gasteiger partial charge in [-0.3, -0.25) is 4.99 Å². The van der Waals surface area contributed by atoms with Gasteiger partial charge in [0.25, 0.3) is 0 Å². The van der Waals surface area contributed by atoms with Crippen molar-refractivity contribution >= 4 is 51.6 Å². The van der Waals surface area contributed by atoms with E-state index in [1.54, 1.807) is 12.1 Å². The van der Waals surface area contributed by atoms with E-state index in [9.17, 15) is 17.2 Å². The average Bonchev–Trinajstić information content (AvgIpc) is 2.63. The van der Waals surface area contributed by atoms with Crippen molar-refractivity contribution in [3.8, 4) is 5.75 Å². The van der Waals surface area contributed by atoms with Crippen LogP contribution < -0.4 is 20.5 Å². The maximum Gasteiger partial charge on any atom is 0.387 e. The topological polar surface area (TPSA) is 106 Å². The van der Waals surface area contributed by atoms with Crippen LogP contribution in [0.2, 0.25) is 5.02 Å². The van der Waals surface area contributed by atoms with Crippen LogP contribution in [0.3, 0.4) is 0 Å². The predicted molar refractivity (Wildman–Crippen MR) is 118 cm³/mol. The van der Waals surface area contributed by atoms with Gasteiger partial charge < -0.3 is 15.4 Å². The molecule has 0 saturated heterocycles. The third kappa shape index (κ3) is 8.28. The summed E-state index contributed by atoms with van der Waals surface area (Å²) in [5.41, 5.74) is 1.09.